The van der Waals surface area contributed by atoms with Gasteiger partial charge in [-0.25, -0.2) is 13.6 Å². The highest BCUT2D eigenvalue weighted by Crippen LogP contribution is 2.20. The molecular formula is C12H22N2O3S. The van der Waals surface area contributed by atoms with Gasteiger partial charge in [-0.05, 0) is 31.4 Å². The number of sulfonamides is 1. The first-order valence-electron chi connectivity index (χ1n) is 6.23. The highest BCUT2D eigenvalue weighted by molar-refractivity contribution is 7.89. The van der Waals surface area contributed by atoms with Gasteiger partial charge in [0, 0.05) is 5.54 Å². The van der Waals surface area contributed by atoms with Crippen LogP contribution in [0.3, 0.4) is 0 Å². The average molecular weight is 274 g/mol. The Morgan fingerprint density at radius 2 is 1.78 bits per heavy atom. The molecule has 1 rings (SSSR count). The van der Waals surface area contributed by atoms with E-state index in [2.05, 4.69) is 26.1 Å². The van der Waals surface area contributed by atoms with Crippen LogP contribution < -0.4 is 10.5 Å². The van der Waals surface area contributed by atoms with Gasteiger partial charge in [0.2, 0.25) is 5.09 Å². The van der Waals surface area contributed by atoms with E-state index in [1.807, 2.05) is 0 Å². The van der Waals surface area contributed by atoms with Gasteiger partial charge < -0.3 is 9.73 Å². The van der Waals surface area contributed by atoms with E-state index < -0.39 is 10.0 Å². The van der Waals surface area contributed by atoms with Crippen LogP contribution in [0.15, 0.2) is 21.6 Å². The zero-order valence-corrected chi connectivity index (χ0v) is 12.0. The summed E-state index contributed by atoms with van der Waals surface area (Å²) < 4.78 is 27.4. The standard InChI is InChI=1S/C12H22N2O3S/c1-4-12(5-2,6-3)14-9-10-7-8-11(17-10)18(13,15)16/h7-8,14H,4-6,9H2,1-3H3,(H2,13,15,16). The van der Waals surface area contributed by atoms with Crippen molar-refractivity contribution in [1.82, 2.24) is 5.32 Å². The van der Waals surface area contributed by atoms with Crippen LogP contribution in [0.25, 0.3) is 0 Å². The van der Waals surface area contributed by atoms with Crippen LogP contribution >= 0.6 is 0 Å². The first-order chi connectivity index (χ1) is 8.37. The minimum Gasteiger partial charge on any atom is -0.447 e. The third-order valence-corrected chi connectivity index (χ3v) is 4.37. The fourth-order valence-electron chi connectivity index (χ4n) is 2.01. The summed E-state index contributed by atoms with van der Waals surface area (Å²) in [6.45, 7) is 6.92. The van der Waals surface area contributed by atoms with E-state index in [0.29, 0.717) is 12.3 Å². The molecule has 1 aromatic rings. The van der Waals surface area contributed by atoms with E-state index >= 15 is 0 Å². The van der Waals surface area contributed by atoms with Crippen molar-refractivity contribution in [3.63, 3.8) is 0 Å². The Labute approximate surface area is 109 Å². The smallest absolute Gasteiger partial charge is 0.271 e. The van der Waals surface area contributed by atoms with Crippen LogP contribution in [0.4, 0.5) is 0 Å². The van der Waals surface area contributed by atoms with Crippen LogP contribution in [0.5, 0.6) is 0 Å². The molecule has 0 fully saturated rings. The van der Waals surface area contributed by atoms with Gasteiger partial charge >= 0.3 is 0 Å². The lowest BCUT2D eigenvalue weighted by Crippen LogP contribution is -2.42. The number of nitrogens with one attached hydrogen (secondary N) is 1. The number of rotatable bonds is 7. The molecule has 0 bridgehead atoms. The van der Waals surface area contributed by atoms with E-state index in [9.17, 15) is 8.42 Å². The van der Waals surface area contributed by atoms with Gasteiger partial charge in [-0.1, -0.05) is 20.8 Å². The summed E-state index contributed by atoms with van der Waals surface area (Å²) in [6.07, 6.45) is 3.05. The van der Waals surface area contributed by atoms with Crippen LogP contribution in [-0.2, 0) is 16.6 Å². The third-order valence-electron chi connectivity index (χ3n) is 3.59. The Bertz CT molecular complexity index is 467. The van der Waals surface area contributed by atoms with Crippen LogP contribution in [0.1, 0.15) is 45.8 Å². The number of hydrogen-bond acceptors (Lipinski definition) is 4. The van der Waals surface area contributed by atoms with Crippen LogP contribution in [-0.4, -0.2) is 14.0 Å². The molecule has 0 radical (unpaired) electrons. The third kappa shape index (κ3) is 3.57. The lowest BCUT2D eigenvalue weighted by atomic mass is 9.90. The van der Waals surface area contributed by atoms with Crippen molar-refractivity contribution < 1.29 is 12.8 Å². The van der Waals surface area contributed by atoms with Gasteiger partial charge in [0.15, 0.2) is 0 Å². The molecule has 0 aliphatic carbocycles. The summed E-state index contributed by atoms with van der Waals surface area (Å²) >= 11 is 0. The number of nitrogens with two attached hydrogens (primary N) is 1. The molecule has 0 unspecified atom stereocenters. The van der Waals surface area contributed by atoms with Crippen molar-refractivity contribution >= 4 is 10.0 Å². The number of primary sulfonamides is 1. The van der Waals surface area contributed by atoms with Gasteiger partial charge in [-0.2, -0.15) is 0 Å². The quantitative estimate of drug-likeness (QED) is 0.796. The van der Waals surface area contributed by atoms with Gasteiger partial charge in [0.05, 0.1) is 6.54 Å². The summed E-state index contributed by atoms with van der Waals surface area (Å²) in [7, 11) is -3.75. The van der Waals surface area contributed by atoms with Crippen molar-refractivity contribution in [1.29, 1.82) is 0 Å². The summed E-state index contributed by atoms with van der Waals surface area (Å²) in [6, 6.07) is 3.02. The zero-order valence-electron chi connectivity index (χ0n) is 11.2. The van der Waals surface area contributed by atoms with Crippen molar-refractivity contribution in [3.05, 3.63) is 17.9 Å². The molecule has 1 aromatic heterocycles. The normalized spacial score (nSPS) is 12.9. The molecule has 6 heteroatoms. The topological polar surface area (TPSA) is 85.3 Å². The second-order valence-corrected chi connectivity index (χ2v) is 5.95. The second kappa shape index (κ2) is 5.86. The average Bonchev–Trinajstić information content (AvgIpc) is 2.80. The minimum atomic E-state index is -3.75. The molecule has 0 aliphatic heterocycles. The van der Waals surface area contributed by atoms with Gasteiger partial charge in [0.1, 0.15) is 5.76 Å². The molecule has 104 valence electrons. The SMILES string of the molecule is CCC(CC)(CC)NCc1ccc(S(N)(=O)=O)o1. The molecular weight excluding hydrogens is 252 g/mol. The van der Waals surface area contributed by atoms with Crippen molar-refractivity contribution in [2.75, 3.05) is 0 Å². The van der Waals surface area contributed by atoms with Crippen molar-refractivity contribution in [3.8, 4) is 0 Å². The Kier molecular flexibility index (Phi) is 4.95. The van der Waals surface area contributed by atoms with Gasteiger partial charge in [-0.3, -0.25) is 0 Å². The molecule has 0 atom stereocenters. The maximum atomic E-state index is 11.1. The maximum Gasteiger partial charge on any atom is 0.271 e. The van der Waals surface area contributed by atoms with E-state index in [1.165, 1.54) is 6.07 Å². The summed E-state index contributed by atoms with van der Waals surface area (Å²) in [5.41, 5.74) is 0.0779. The Morgan fingerprint density at radius 1 is 1.22 bits per heavy atom. The fraction of sp³-hybridized carbons (Fsp3) is 0.667. The van der Waals surface area contributed by atoms with E-state index in [0.717, 1.165) is 19.3 Å². The minimum absolute atomic E-state index is 0.0779. The Balaban J connectivity index is 2.72. The van der Waals surface area contributed by atoms with E-state index in [4.69, 9.17) is 9.56 Å². The molecule has 5 nitrogen and oxygen atoms in total. The molecule has 0 amide bonds. The lowest BCUT2D eigenvalue weighted by Gasteiger charge is -2.31. The highest BCUT2D eigenvalue weighted by atomic mass is 32.2. The van der Waals surface area contributed by atoms with Crippen molar-refractivity contribution in [2.45, 2.75) is 57.2 Å². The monoisotopic (exact) mass is 274 g/mol. The number of furan rings is 1. The first-order valence-corrected chi connectivity index (χ1v) is 7.78. The predicted octanol–water partition coefficient (Wildman–Crippen LogP) is 1.99. The number of hydrogen-bond donors (Lipinski definition) is 2. The van der Waals surface area contributed by atoms with Crippen molar-refractivity contribution in [2.24, 2.45) is 5.14 Å². The van der Waals surface area contributed by atoms with E-state index in [1.54, 1.807) is 6.07 Å². The zero-order chi connectivity index (χ0) is 13.8. The van der Waals surface area contributed by atoms with Gasteiger partial charge in [-0.15, -0.1) is 0 Å². The molecule has 0 saturated heterocycles. The molecule has 0 aliphatic rings. The molecule has 0 saturated carbocycles. The molecule has 0 aromatic carbocycles. The summed E-state index contributed by atoms with van der Waals surface area (Å²) in [5, 5.41) is 8.24. The fourth-order valence-corrected chi connectivity index (χ4v) is 2.49. The van der Waals surface area contributed by atoms with Crippen LogP contribution in [0, 0.1) is 0 Å². The molecule has 3 N–H and O–H groups in total. The predicted molar refractivity (Wildman–Crippen MR) is 70.5 cm³/mol. The van der Waals surface area contributed by atoms with Gasteiger partial charge in [0.25, 0.3) is 10.0 Å². The van der Waals surface area contributed by atoms with E-state index in [-0.39, 0.29) is 10.6 Å². The summed E-state index contributed by atoms with van der Waals surface area (Å²) in [5.74, 6) is 0.582. The first kappa shape index (κ1) is 15.2. The second-order valence-electron chi connectivity index (χ2n) is 4.46. The van der Waals surface area contributed by atoms with Crippen LogP contribution in [0.2, 0.25) is 0 Å². The lowest BCUT2D eigenvalue weighted by molar-refractivity contribution is 0.272. The summed E-state index contributed by atoms with van der Waals surface area (Å²) in [4.78, 5) is 0. The maximum absolute atomic E-state index is 11.1. The molecule has 0 spiro atoms. The molecule has 1 heterocycles. The Morgan fingerprint density at radius 3 is 2.17 bits per heavy atom. The molecule has 18 heavy (non-hydrogen) atoms. The Hall–Kier alpha value is -0.850. The largest absolute Gasteiger partial charge is 0.447 e. The highest BCUT2D eigenvalue weighted by Gasteiger charge is 2.23.